The van der Waals surface area contributed by atoms with Crippen LogP contribution in [0.3, 0.4) is 0 Å². The Kier molecular flexibility index (Phi) is 6.09. The Labute approximate surface area is 143 Å². The highest BCUT2D eigenvalue weighted by molar-refractivity contribution is 5.92. The Balaban J connectivity index is 2.58. The van der Waals surface area contributed by atoms with Crippen molar-refractivity contribution in [3.63, 3.8) is 0 Å². The van der Waals surface area contributed by atoms with Crippen molar-refractivity contribution in [2.75, 3.05) is 18.7 Å². The van der Waals surface area contributed by atoms with Gasteiger partial charge in [-0.1, -0.05) is 24.8 Å². The third-order valence-corrected chi connectivity index (χ3v) is 3.74. The largest absolute Gasteiger partial charge is 0.296 e. The zero-order valence-corrected chi connectivity index (χ0v) is 14.5. The third kappa shape index (κ3) is 3.81. The second-order valence-electron chi connectivity index (χ2n) is 5.25. The number of aromatic nitrogens is 2. The number of benzene rings is 1. The minimum atomic E-state index is 0.523. The number of hydroxylamine groups is 1. The summed E-state index contributed by atoms with van der Waals surface area (Å²) in [5.74, 6) is 0. The van der Waals surface area contributed by atoms with Gasteiger partial charge in [-0.15, -0.1) is 0 Å². The lowest BCUT2D eigenvalue weighted by molar-refractivity contribution is 0.260. The number of anilines is 1. The highest BCUT2D eigenvalue weighted by Crippen LogP contribution is 2.30. The van der Waals surface area contributed by atoms with Crippen LogP contribution in [0.2, 0.25) is 0 Å². The molecule has 0 aliphatic heterocycles. The van der Waals surface area contributed by atoms with Crippen LogP contribution in [-0.4, -0.2) is 34.8 Å². The highest BCUT2D eigenvalue weighted by atomic mass is 16.5. The zero-order chi connectivity index (χ0) is 17.5. The van der Waals surface area contributed by atoms with E-state index in [1.165, 1.54) is 5.06 Å². The van der Waals surface area contributed by atoms with Crippen molar-refractivity contribution < 1.29 is 5.21 Å². The van der Waals surface area contributed by atoms with Crippen LogP contribution in [0.5, 0.6) is 0 Å². The Bertz CT molecular complexity index is 758. The fraction of sp³-hybridized carbons (Fsp3) is 0.263. The normalized spacial score (nSPS) is 11.9. The summed E-state index contributed by atoms with van der Waals surface area (Å²) in [6.07, 6.45) is 7.42. The van der Waals surface area contributed by atoms with Gasteiger partial charge in [0.25, 0.3) is 0 Å². The molecule has 0 unspecified atom stereocenters. The van der Waals surface area contributed by atoms with E-state index in [1.54, 1.807) is 19.3 Å². The first kappa shape index (κ1) is 17.7. The predicted molar refractivity (Wildman–Crippen MR) is 101 cm³/mol. The summed E-state index contributed by atoms with van der Waals surface area (Å²) in [5, 5.41) is 15.8. The lowest BCUT2D eigenvalue weighted by atomic mass is 10.0. The summed E-state index contributed by atoms with van der Waals surface area (Å²) in [4.78, 5) is 4.00. The van der Waals surface area contributed by atoms with Crippen LogP contribution in [0.1, 0.15) is 19.5 Å². The number of hydrogen-bond acceptors (Lipinski definition) is 4. The first-order valence-corrected chi connectivity index (χ1v) is 8.04. The Morgan fingerprint density at radius 2 is 2.21 bits per heavy atom. The summed E-state index contributed by atoms with van der Waals surface area (Å²) in [5.41, 5.74) is 4.51. The van der Waals surface area contributed by atoms with Gasteiger partial charge in [-0.05, 0) is 37.6 Å². The van der Waals surface area contributed by atoms with Crippen LogP contribution in [0.4, 0.5) is 5.69 Å². The minimum Gasteiger partial charge on any atom is -0.296 e. The molecule has 0 saturated heterocycles. The van der Waals surface area contributed by atoms with Gasteiger partial charge in [0.1, 0.15) is 5.69 Å². The van der Waals surface area contributed by atoms with Crippen molar-refractivity contribution >= 4 is 17.5 Å². The average Bonchev–Trinajstić information content (AvgIpc) is 3.06. The minimum absolute atomic E-state index is 0.523. The van der Waals surface area contributed by atoms with Crippen LogP contribution in [-0.2, 0) is 6.54 Å². The molecule has 0 aliphatic rings. The van der Waals surface area contributed by atoms with Crippen molar-refractivity contribution in [1.29, 1.82) is 0 Å². The average molecular weight is 324 g/mol. The van der Waals surface area contributed by atoms with Gasteiger partial charge in [-0.3, -0.25) is 19.9 Å². The maximum atomic E-state index is 9.96. The monoisotopic (exact) mass is 324 g/mol. The van der Waals surface area contributed by atoms with E-state index in [2.05, 4.69) is 16.7 Å². The third-order valence-electron chi connectivity index (χ3n) is 3.74. The van der Waals surface area contributed by atoms with E-state index < -0.39 is 0 Å². The molecule has 2 rings (SSSR count). The highest BCUT2D eigenvalue weighted by Gasteiger charge is 2.14. The van der Waals surface area contributed by atoms with Gasteiger partial charge in [0.15, 0.2) is 0 Å². The van der Waals surface area contributed by atoms with E-state index in [4.69, 9.17) is 0 Å². The molecular weight excluding hydrogens is 300 g/mol. The van der Waals surface area contributed by atoms with Crippen LogP contribution in [0, 0.1) is 0 Å². The molecule has 1 heterocycles. The first-order chi connectivity index (χ1) is 11.6. The van der Waals surface area contributed by atoms with Crippen molar-refractivity contribution in [2.45, 2.75) is 20.4 Å². The lowest BCUT2D eigenvalue weighted by Gasteiger charge is -2.15. The second-order valence-corrected chi connectivity index (χ2v) is 5.25. The number of rotatable bonds is 7. The Morgan fingerprint density at radius 1 is 1.42 bits per heavy atom. The van der Waals surface area contributed by atoms with Crippen LogP contribution in [0.25, 0.3) is 16.7 Å². The molecule has 0 fully saturated rings. The standard InChI is InChI=1S/C19H24N4O/c1-5-15(11-12-20-4)19-18(14-22(6-2)21-19)16-9-8-10-17(13-16)23(24)7-3/h5,8-14,24H,1,6-7H2,2-4H3/b15-11+,20-12?. The second kappa shape index (κ2) is 8.26. The van der Waals surface area contributed by atoms with E-state index >= 15 is 0 Å². The SMILES string of the molecule is C=C/C(=C\C=NC)c1nn(CC)cc1-c1cccc(N(O)CC)c1. The van der Waals surface area contributed by atoms with Gasteiger partial charge in [0, 0.05) is 43.7 Å². The molecule has 5 heteroatoms. The quantitative estimate of drug-likeness (QED) is 0.475. The van der Waals surface area contributed by atoms with Crippen molar-refractivity contribution in [2.24, 2.45) is 4.99 Å². The van der Waals surface area contributed by atoms with Gasteiger partial charge < -0.3 is 0 Å². The molecule has 0 amide bonds. The molecule has 24 heavy (non-hydrogen) atoms. The van der Waals surface area contributed by atoms with Crippen LogP contribution >= 0.6 is 0 Å². The molecule has 2 aromatic rings. The van der Waals surface area contributed by atoms with E-state index in [0.717, 1.165) is 34.6 Å². The smallest absolute Gasteiger partial charge is 0.100 e. The summed E-state index contributed by atoms with van der Waals surface area (Å²) < 4.78 is 1.90. The molecule has 1 aromatic heterocycles. The van der Waals surface area contributed by atoms with Gasteiger partial charge in [-0.2, -0.15) is 5.10 Å². The van der Waals surface area contributed by atoms with Crippen LogP contribution in [0.15, 0.2) is 54.2 Å². The van der Waals surface area contributed by atoms with Gasteiger partial charge >= 0.3 is 0 Å². The van der Waals surface area contributed by atoms with Crippen molar-refractivity contribution in [3.8, 4) is 11.1 Å². The van der Waals surface area contributed by atoms with E-state index in [9.17, 15) is 5.21 Å². The zero-order valence-electron chi connectivity index (χ0n) is 14.5. The summed E-state index contributed by atoms with van der Waals surface area (Å²) in [6.45, 7) is 9.14. The molecule has 126 valence electrons. The molecule has 0 aliphatic carbocycles. The molecule has 1 aromatic carbocycles. The number of hydrogen-bond donors (Lipinski definition) is 1. The van der Waals surface area contributed by atoms with Crippen LogP contribution < -0.4 is 5.06 Å². The molecule has 0 saturated carbocycles. The Hall–Kier alpha value is -2.66. The molecule has 0 bridgehead atoms. The fourth-order valence-corrected chi connectivity index (χ4v) is 2.42. The number of aliphatic imine (C=N–C) groups is 1. The van der Waals surface area contributed by atoms with E-state index in [0.29, 0.717) is 6.54 Å². The molecule has 1 N–H and O–H groups in total. The van der Waals surface area contributed by atoms with Gasteiger partial charge in [0.2, 0.25) is 0 Å². The molecule has 0 spiro atoms. The topological polar surface area (TPSA) is 53.7 Å². The molecular formula is C19H24N4O. The summed E-state index contributed by atoms with van der Waals surface area (Å²) in [6, 6.07) is 7.78. The molecule has 0 radical (unpaired) electrons. The number of nitrogens with zero attached hydrogens (tertiary/aromatic N) is 4. The fourth-order valence-electron chi connectivity index (χ4n) is 2.42. The predicted octanol–water partition coefficient (Wildman–Crippen LogP) is 4.06. The number of aryl methyl sites for hydroxylation is 1. The number of allylic oxidation sites excluding steroid dienone is 3. The summed E-state index contributed by atoms with van der Waals surface area (Å²) in [7, 11) is 1.73. The van der Waals surface area contributed by atoms with E-state index in [1.807, 2.05) is 55.1 Å². The Morgan fingerprint density at radius 3 is 2.83 bits per heavy atom. The van der Waals surface area contributed by atoms with Gasteiger partial charge in [-0.25, -0.2) is 0 Å². The first-order valence-electron chi connectivity index (χ1n) is 8.04. The molecule has 0 atom stereocenters. The van der Waals surface area contributed by atoms with Gasteiger partial charge in [0.05, 0.1) is 5.69 Å². The maximum Gasteiger partial charge on any atom is 0.100 e. The van der Waals surface area contributed by atoms with Crippen molar-refractivity contribution in [3.05, 3.63) is 54.9 Å². The van der Waals surface area contributed by atoms with Crippen molar-refractivity contribution in [1.82, 2.24) is 9.78 Å². The van der Waals surface area contributed by atoms with E-state index in [-0.39, 0.29) is 0 Å². The molecule has 5 nitrogen and oxygen atoms in total. The maximum absolute atomic E-state index is 9.96. The lowest BCUT2D eigenvalue weighted by Crippen LogP contribution is -2.16. The summed E-state index contributed by atoms with van der Waals surface area (Å²) >= 11 is 0.